The summed E-state index contributed by atoms with van der Waals surface area (Å²) in [5, 5.41) is 5.72. The zero-order chi connectivity index (χ0) is 15.9. The van der Waals surface area contributed by atoms with Crippen LogP contribution in [0.5, 0.6) is 11.5 Å². The van der Waals surface area contributed by atoms with E-state index in [1.54, 1.807) is 30.6 Å². The molecule has 0 atom stereocenters. The Morgan fingerprint density at radius 1 is 1.32 bits per heavy atom. The minimum atomic E-state index is -0.188. The number of methoxy groups -OCH3 is 1. The quantitative estimate of drug-likeness (QED) is 0.852. The van der Waals surface area contributed by atoms with Gasteiger partial charge in [0.25, 0.3) is 5.91 Å². The van der Waals surface area contributed by atoms with Gasteiger partial charge in [-0.25, -0.2) is 4.98 Å². The molecule has 0 spiro atoms. The number of ether oxygens (including phenoxy) is 2. The fourth-order valence-corrected chi connectivity index (χ4v) is 2.67. The molecule has 6 heteroatoms. The van der Waals surface area contributed by atoms with E-state index < -0.39 is 0 Å². The zero-order valence-electron chi connectivity index (χ0n) is 13.0. The Morgan fingerprint density at radius 2 is 2.05 bits per heavy atom. The first-order chi connectivity index (χ1) is 10.6. The number of benzene rings is 1. The molecule has 22 heavy (non-hydrogen) atoms. The van der Waals surface area contributed by atoms with Crippen molar-refractivity contribution in [3.05, 3.63) is 40.3 Å². The predicted molar refractivity (Wildman–Crippen MR) is 86.5 cm³/mol. The van der Waals surface area contributed by atoms with Gasteiger partial charge < -0.3 is 14.8 Å². The highest BCUT2D eigenvalue weighted by molar-refractivity contribution is 7.09. The Balaban J connectivity index is 1.80. The van der Waals surface area contributed by atoms with E-state index in [2.05, 4.69) is 24.1 Å². The third-order valence-corrected chi connectivity index (χ3v) is 3.89. The van der Waals surface area contributed by atoms with E-state index in [-0.39, 0.29) is 12.5 Å². The molecule has 0 aliphatic carbocycles. The van der Waals surface area contributed by atoms with Gasteiger partial charge in [0, 0.05) is 5.38 Å². The number of hydrogen-bond acceptors (Lipinski definition) is 5. The second-order valence-electron chi connectivity index (χ2n) is 5.04. The van der Waals surface area contributed by atoms with Gasteiger partial charge in [-0.2, -0.15) is 0 Å². The predicted octanol–water partition coefficient (Wildman–Crippen LogP) is 2.97. The number of thiazole rings is 1. The van der Waals surface area contributed by atoms with Crippen molar-refractivity contribution in [1.29, 1.82) is 0 Å². The number of nitrogens with zero attached hydrogens (tertiary/aromatic N) is 1. The van der Waals surface area contributed by atoms with E-state index in [9.17, 15) is 4.79 Å². The molecular weight excluding hydrogens is 300 g/mol. The Hall–Kier alpha value is -2.08. The lowest BCUT2D eigenvalue weighted by atomic mass is 10.2. The Morgan fingerprint density at radius 3 is 2.68 bits per heavy atom. The monoisotopic (exact) mass is 320 g/mol. The van der Waals surface area contributed by atoms with Gasteiger partial charge in [-0.3, -0.25) is 4.79 Å². The van der Waals surface area contributed by atoms with E-state index in [4.69, 9.17) is 9.47 Å². The largest absolute Gasteiger partial charge is 0.493 e. The molecule has 118 valence electrons. The van der Waals surface area contributed by atoms with Gasteiger partial charge in [-0.05, 0) is 18.1 Å². The summed E-state index contributed by atoms with van der Waals surface area (Å²) in [6.45, 7) is 4.56. The fraction of sp³-hybridized carbons (Fsp3) is 0.375. The second-order valence-corrected chi connectivity index (χ2v) is 5.98. The standard InChI is InChI=1S/C16H20N2O3S/c1-11(2)12-10-22-16(18-12)8-17-15(19)9-21-14-7-5-4-6-13(14)20-3/h4-7,10-11H,8-9H2,1-3H3,(H,17,19). The number of aromatic nitrogens is 1. The van der Waals surface area contributed by atoms with Crippen LogP contribution in [0.2, 0.25) is 0 Å². The van der Waals surface area contributed by atoms with Gasteiger partial charge in [0.2, 0.25) is 0 Å². The summed E-state index contributed by atoms with van der Waals surface area (Å²) in [6, 6.07) is 7.23. The second kappa shape index (κ2) is 7.79. The minimum absolute atomic E-state index is 0.0528. The number of carbonyl (C=O) groups excluding carboxylic acids is 1. The normalized spacial score (nSPS) is 10.5. The molecule has 1 aromatic heterocycles. The van der Waals surface area contributed by atoms with Crippen molar-refractivity contribution in [3.8, 4) is 11.5 Å². The van der Waals surface area contributed by atoms with Gasteiger partial charge in [0.05, 0.1) is 19.3 Å². The molecule has 0 saturated carbocycles. The van der Waals surface area contributed by atoms with Crippen molar-refractivity contribution in [2.24, 2.45) is 0 Å². The smallest absolute Gasteiger partial charge is 0.258 e. The molecule has 0 aliphatic heterocycles. The van der Waals surface area contributed by atoms with Gasteiger partial charge in [0.1, 0.15) is 5.01 Å². The van der Waals surface area contributed by atoms with Crippen LogP contribution >= 0.6 is 11.3 Å². The van der Waals surface area contributed by atoms with Gasteiger partial charge in [-0.1, -0.05) is 26.0 Å². The van der Waals surface area contributed by atoms with Gasteiger partial charge in [0.15, 0.2) is 18.1 Å². The van der Waals surface area contributed by atoms with Crippen molar-refractivity contribution in [3.63, 3.8) is 0 Å². The first-order valence-electron chi connectivity index (χ1n) is 7.07. The van der Waals surface area contributed by atoms with Crippen molar-refractivity contribution >= 4 is 17.2 Å². The lowest BCUT2D eigenvalue weighted by Gasteiger charge is -2.10. The summed E-state index contributed by atoms with van der Waals surface area (Å²) in [5.41, 5.74) is 1.06. The van der Waals surface area contributed by atoms with Crippen LogP contribution in [0.1, 0.15) is 30.5 Å². The maximum absolute atomic E-state index is 11.8. The molecule has 0 unspecified atom stereocenters. The van der Waals surface area contributed by atoms with Crippen molar-refractivity contribution in [2.45, 2.75) is 26.3 Å². The van der Waals surface area contributed by atoms with E-state index in [0.717, 1.165) is 10.7 Å². The first-order valence-corrected chi connectivity index (χ1v) is 7.95. The molecule has 0 saturated heterocycles. The minimum Gasteiger partial charge on any atom is -0.493 e. The highest BCUT2D eigenvalue weighted by Crippen LogP contribution is 2.25. The maximum Gasteiger partial charge on any atom is 0.258 e. The van der Waals surface area contributed by atoms with Crippen molar-refractivity contribution in [1.82, 2.24) is 10.3 Å². The number of para-hydroxylation sites is 2. The lowest BCUT2D eigenvalue weighted by molar-refractivity contribution is -0.123. The SMILES string of the molecule is COc1ccccc1OCC(=O)NCc1nc(C(C)C)cs1. The number of rotatable bonds is 7. The number of amides is 1. The lowest BCUT2D eigenvalue weighted by Crippen LogP contribution is -2.28. The first kappa shape index (κ1) is 16.3. The molecule has 5 nitrogen and oxygen atoms in total. The van der Waals surface area contributed by atoms with Crippen LogP contribution in [0, 0.1) is 0 Å². The van der Waals surface area contributed by atoms with Crippen LogP contribution < -0.4 is 14.8 Å². The molecule has 1 N–H and O–H groups in total. The average Bonchev–Trinajstić information content (AvgIpc) is 3.00. The summed E-state index contributed by atoms with van der Waals surface area (Å²) >= 11 is 1.55. The zero-order valence-corrected chi connectivity index (χ0v) is 13.8. The molecule has 0 bridgehead atoms. The molecule has 2 aromatic rings. The van der Waals surface area contributed by atoms with Crippen LogP contribution in [0.15, 0.2) is 29.6 Å². The van der Waals surface area contributed by atoms with E-state index in [0.29, 0.717) is 24.0 Å². The van der Waals surface area contributed by atoms with E-state index in [1.165, 1.54) is 0 Å². The summed E-state index contributed by atoms with van der Waals surface area (Å²) in [7, 11) is 1.57. The Labute approximate surface area is 134 Å². The third kappa shape index (κ3) is 4.46. The summed E-state index contributed by atoms with van der Waals surface area (Å²) in [6.07, 6.45) is 0. The molecule has 2 rings (SSSR count). The Bertz CT molecular complexity index is 625. The Kier molecular flexibility index (Phi) is 5.77. The maximum atomic E-state index is 11.8. The van der Waals surface area contributed by atoms with Crippen LogP contribution in [0.4, 0.5) is 0 Å². The highest BCUT2D eigenvalue weighted by atomic mass is 32.1. The molecule has 0 radical (unpaired) electrons. The highest BCUT2D eigenvalue weighted by Gasteiger charge is 2.09. The molecule has 0 fully saturated rings. The molecule has 1 amide bonds. The summed E-state index contributed by atoms with van der Waals surface area (Å²) in [4.78, 5) is 16.3. The topological polar surface area (TPSA) is 60.5 Å². The molecule has 0 aliphatic rings. The van der Waals surface area contributed by atoms with Crippen LogP contribution in [0.3, 0.4) is 0 Å². The molecule has 1 heterocycles. The van der Waals surface area contributed by atoms with Gasteiger partial charge >= 0.3 is 0 Å². The van der Waals surface area contributed by atoms with E-state index >= 15 is 0 Å². The van der Waals surface area contributed by atoms with Gasteiger partial charge in [-0.15, -0.1) is 11.3 Å². The fourth-order valence-electron chi connectivity index (χ4n) is 1.78. The number of carbonyl (C=O) groups is 1. The van der Waals surface area contributed by atoms with E-state index in [1.807, 2.05) is 17.5 Å². The summed E-state index contributed by atoms with van der Waals surface area (Å²) in [5.74, 6) is 1.37. The van der Waals surface area contributed by atoms with Crippen LogP contribution in [0.25, 0.3) is 0 Å². The molecular formula is C16H20N2O3S. The number of nitrogens with one attached hydrogen (secondary N) is 1. The molecule has 1 aromatic carbocycles. The van der Waals surface area contributed by atoms with Crippen LogP contribution in [-0.2, 0) is 11.3 Å². The van der Waals surface area contributed by atoms with Crippen molar-refractivity contribution in [2.75, 3.05) is 13.7 Å². The third-order valence-electron chi connectivity index (χ3n) is 3.03. The number of hydrogen-bond donors (Lipinski definition) is 1. The van der Waals surface area contributed by atoms with Crippen molar-refractivity contribution < 1.29 is 14.3 Å². The summed E-state index contributed by atoms with van der Waals surface area (Å²) < 4.78 is 10.6. The van der Waals surface area contributed by atoms with Crippen LogP contribution in [-0.4, -0.2) is 24.6 Å². The average molecular weight is 320 g/mol.